The molecule has 0 saturated carbocycles. The van der Waals surface area contributed by atoms with E-state index in [-0.39, 0.29) is 4.90 Å². The molecule has 0 radical (unpaired) electrons. The highest BCUT2D eigenvalue weighted by Gasteiger charge is 2.49. The van der Waals surface area contributed by atoms with Crippen LogP contribution in [0.15, 0.2) is 29.2 Å². The molecule has 1 aromatic rings. The molecule has 9 nitrogen and oxygen atoms in total. The third-order valence-electron chi connectivity index (χ3n) is 5.83. The number of hydrogen-bond donors (Lipinski definition) is 2. The smallest absolute Gasteiger partial charge is 0.324 e. The van der Waals surface area contributed by atoms with E-state index in [9.17, 15) is 22.8 Å². The van der Waals surface area contributed by atoms with Gasteiger partial charge in [0.25, 0.3) is 5.91 Å². The number of anilines is 1. The van der Waals surface area contributed by atoms with Crippen LogP contribution in [0.4, 0.5) is 10.5 Å². The van der Waals surface area contributed by atoms with E-state index < -0.39 is 40.0 Å². The standard InChI is InChI=1S/C20H28N4O5S/c1-3-20(4-2)18(26)24(19(27)22-20)14-17(25)21-15-9-8-10-16(13-15)30(28,29)23-11-6-5-7-12-23/h8-10,13H,3-7,11-12,14H2,1-2H3,(H,21,25)(H,22,27). The lowest BCUT2D eigenvalue weighted by Gasteiger charge is -2.26. The summed E-state index contributed by atoms with van der Waals surface area (Å²) >= 11 is 0. The van der Waals surface area contributed by atoms with Crippen molar-refractivity contribution < 1.29 is 22.8 Å². The second kappa shape index (κ2) is 8.73. The molecule has 1 aromatic carbocycles. The van der Waals surface area contributed by atoms with Crippen LogP contribution in [0.25, 0.3) is 0 Å². The maximum atomic E-state index is 12.8. The molecule has 3 rings (SSSR count). The summed E-state index contributed by atoms with van der Waals surface area (Å²) in [6.45, 7) is 4.15. The van der Waals surface area contributed by atoms with Gasteiger partial charge >= 0.3 is 6.03 Å². The van der Waals surface area contributed by atoms with Gasteiger partial charge in [0.05, 0.1) is 4.90 Å². The fourth-order valence-electron chi connectivity index (χ4n) is 3.88. The third-order valence-corrected chi connectivity index (χ3v) is 7.72. The highest BCUT2D eigenvalue weighted by Crippen LogP contribution is 2.25. The van der Waals surface area contributed by atoms with Crippen molar-refractivity contribution in [1.29, 1.82) is 0 Å². The Morgan fingerprint density at radius 2 is 1.80 bits per heavy atom. The molecule has 0 bridgehead atoms. The molecule has 0 aliphatic carbocycles. The Morgan fingerprint density at radius 3 is 2.40 bits per heavy atom. The Bertz CT molecular complexity index is 936. The van der Waals surface area contributed by atoms with Crippen LogP contribution in [0, 0.1) is 0 Å². The Balaban J connectivity index is 1.70. The molecule has 0 atom stereocenters. The average Bonchev–Trinajstić information content (AvgIpc) is 2.99. The number of carbonyl (C=O) groups excluding carboxylic acids is 3. The van der Waals surface area contributed by atoms with E-state index >= 15 is 0 Å². The summed E-state index contributed by atoms with van der Waals surface area (Å²) in [5, 5.41) is 5.27. The largest absolute Gasteiger partial charge is 0.325 e. The van der Waals surface area contributed by atoms with Gasteiger partial charge in [-0.15, -0.1) is 0 Å². The van der Waals surface area contributed by atoms with Crippen molar-refractivity contribution >= 4 is 33.6 Å². The Kier molecular flexibility index (Phi) is 6.47. The molecule has 10 heteroatoms. The minimum Gasteiger partial charge on any atom is -0.324 e. The quantitative estimate of drug-likeness (QED) is 0.634. The highest BCUT2D eigenvalue weighted by molar-refractivity contribution is 7.89. The fourth-order valence-corrected chi connectivity index (χ4v) is 5.45. The van der Waals surface area contributed by atoms with E-state index in [2.05, 4.69) is 10.6 Å². The summed E-state index contributed by atoms with van der Waals surface area (Å²) in [5.41, 5.74) is -0.679. The van der Waals surface area contributed by atoms with Gasteiger partial charge in [-0.05, 0) is 43.9 Å². The van der Waals surface area contributed by atoms with Gasteiger partial charge in [0.2, 0.25) is 15.9 Å². The monoisotopic (exact) mass is 436 g/mol. The topological polar surface area (TPSA) is 116 Å². The number of carbonyl (C=O) groups is 3. The van der Waals surface area contributed by atoms with E-state index in [0.717, 1.165) is 24.2 Å². The zero-order valence-corrected chi connectivity index (χ0v) is 18.1. The molecule has 2 aliphatic rings. The van der Waals surface area contributed by atoms with Crippen LogP contribution in [0.3, 0.4) is 0 Å². The minimum atomic E-state index is -3.63. The van der Waals surface area contributed by atoms with Crippen molar-refractivity contribution in [3.05, 3.63) is 24.3 Å². The first kappa shape index (κ1) is 22.2. The summed E-state index contributed by atoms with van der Waals surface area (Å²) in [5.74, 6) is -0.997. The predicted octanol–water partition coefficient (Wildman–Crippen LogP) is 1.91. The van der Waals surface area contributed by atoms with Crippen molar-refractivity contribution in [3.8, 4) is 0 Å². The second-order valence-electron chi connectivity index (χ2n) is 7.65. The van der Waals surface area contributed by atoms with Crippen LogP contribution >= 0.6 is 0 Å². The first-order valence-corrected chi connectivity index (χ1v) is 11.7. The molecule has 30 heavy (non-hydrogen) atoms. The van der Waals surface area contributed by atoms with Crippen molar-refractivity contribution in [3.63, 3.8) is 0 Å². The first-order valence-electron chi connectivity index (χ1n) is 10.3. The lowest BCUT2D eigenvalue weighted by Crippen LogP contribution is -2.46. The molecule has 4 amide bonds. The number of nitrogens with zero attached hydrogens (tertiary/aromatic N) is 2. The normalized spacial score (nSPS) is 19.6. The molecule has 0 aromatic heterocycles. The molecular formula is C20H28N4O5S. The summed E-state index contributed by atoms with van der Waals surface area (Å²) < 4.78 is 27.1. The van der Waals surface area contributed by atoms with Gasteiger partial charge < -0.3 is 10.6 Å². The van der Waals surface area contributed by atoms with Crippen molar-refractivity contribution in [2.45, 2.75) is 56.4 Å². The van der Waals surface area contributed by atoms with Crippen LogP contribution < -0.4 is 10.6 Å². The van der Waals surface area contributed by atoms with Gasteiger partial charge in [0.1, 0.15) is 12.1 Å². The second-order valence-corrected chi connectivity index (χ2v) is 9.59. The third kappa shape index (κ3) is 4.20. The van der Waals surface area contributed by atoms with E-state index in [1.54, 1.807) is 26.0 Å². The number of benzene rings is 1. The zero-order chi connectivity index (χ0) is 21.9. The van der Waals surface area contributed by atoms with Gasteiger partial charge in [-0.3, -0.25) is 14.5 Å². The molecule has 2 fully saturated rings. The Morgan fingerprint density at radius 1 is 1.13 bits per heavy atom. The van der Waals surface area contributed by atoms with Gasteiger partial charge in [-0.2, -0.15) is 4.31 Å². The SMILES string of the molecule is CCC1(CC)NC(=O)N(CC(=O)Nc2cccc(S(=O)(=O)N3CCCCC3)c2)C1=O. The highest BCUT2D eigenvalue weighted by atomic mass is 32.2. The van der Waals surface area contributed by atoms with Crippen LogP contribution in [0.1, 0.15) is 46.0 Å². The molecule has 2 aliphatic heterocycles. The summed E-state index contributed by atoms with van der Waals surface area (Å²) in [6, 6.07) is 5.42. The lowest BCUT2D eigenvalue weighted by molar-refractivity contribution is -0.134. The predicted molar refractivity (Wildman–Crippen MR) is 111 cm³/mol. The summed E-state index contributed by atoms with van der Waals surface area (Å²) in [4.78, 5) is 38.3. The van der Waals surface area contributed by atoms with Gasteiger partial charge in [-0.25, -0.2) is 13.2 Å². The molecule has 2 saturated heterocycles. The number of piperidine rings is 1. The number of amides is 4. The number of urea groups is 1. The van der Waals surface area contributed by atoms with Crippen LogP contribution in [0.2, 0.25) is 0 Å². The van der Waals surface area contributed by atoms with E-state index in [1.807, 2.05) is 0 Å². The van der Waals surface area contributed by atoms with Crippen molar-refractivity contribution in [1.82, 2.24) is 14.5 Å². The maximum Gasteiger partial charge on any atom is 0.325 e. The Labute approximate surface area is 176 Å². The van der Waals surface area contributed by atoms with Crippen LogP contribution in [-0.2, 0) is 19.6 Å². The lowest BCUT2D eigenvalue weighted by atomic mass is 9.93. The van der Waals surface area contributed by atoms with E-state index in [4.69, 9.17) is 0 Å². The zero-order valence-electron chi connectivity index (χ0n) is 17.3. The van der Waals surface area contributed by atoms with Crippen LogP contribution in [-0.4, -0.2) is 60.6 Å². The van der Waals surface area contributed by atoms with Crippen molar-refractivity contribution in [2.75, 3.05) is 25.0 Å². The number of imide groups is 1. The summed E-state index contributed by atoms with van der Waals surface area (Å²) in [7, 11) is -3.63. The molecule has 0 spiro atoms. The number of sulfonamides is 1. The maximum absolute atomic E-state index is 12.8. The number of nitrogens with one attached hydrogen (secondary N) is 2. The number of hydrogen-bond acceptors (Lipinski definition) is 5. The van der Waals surface area contributed by atoms with Crippen LogP contribution in [0.5, 0.6) is 0 Å². The van der Waals surface area contributed by atoms with Gasteiger partial charge in [0, 0.05) is 18.8 Å². The van der Waals surface area contributed by atoms with Crippen molar-refractivity contribution in [2.24, 2.45) is 0 Å². The molecular weight excluding hydrogens is 408 g/mol. The molecule has 164 valence electrons. The average molecular weight is 437 g/mol. The van der Waals surface area contributed by atoms with Gasteiger partial charge in [-0.1, -0.05) is 26.3 Å². The van der Waals surface area contributed by atoms with E-state index in [0.29, 0.717) is 31.6 Å². The minimum absolute atomic E-state index is 0.105. The molecule has 2 heterocycles. The van der Waals surface area contributed by atoms with E-state index in [1.165, 1.54) is 16.4 Å². The summed E-state index contributed by atoms with van der Waals surface area (Å²) in [6.07, 6.45) is 3.55. The molecule has 2 N–H and O–H groups in total. The van der Waals surface area contributed by atoms with Gasteiger partial charge in [0.15, 0.2) is 0 Å². The first-order chi connectivity index (χ1) is 14.2. The Hall–Kier alpha value is -2.46. The fraction of sp³-hybridized carbons (Fsp3) is 0.550. The molecule has 0 unspecified atom stereocenters. The number of rotatable bonds is 7.